The highest BCUT2D eigenvalue weighted by Crippen LogP contribution is 2.24. The Morgan fingerprint density at radius 1 is 1.12 bits per heavy atom. The molecule has 8 nitrogen and oxygen atoms in total. The van der Waals surface area contributed by atoms with Gasteiger partial charge in [-0.05, 0) is 72.4 Å². The van der Waals surface area contributed by atoms with Gasteiger partial charge in [0.2, 0.25) is 5.91 Å². The van der Waals surface area contributed by atoms with E-state index in [-0.39, 0.29) is 23.8 Å². The molecule has 0 aromatic carbocycles. The molecule has 0 saturated carbocycles. The van der Waals surface area contributed by atoms with Crippen molar-refractivity contribution in [3.63, 3.8) is 0 Å². The van der Waals surface area contributed by atoms with Crippen LogP contribution in [0.4, 0.5) is 0 Å². The van der Waals surface area contributed by atoms with Crippen molar-refractivity contribution in [3.8, 4) is 0 Å². The van der Waals surface area contributed by atoms with Crippen molar-refractivity contribution >= 4 is 17.8 Å². The van der Waals surface area contributed by atoms with Gasteiger partial charge >= 0.3 is 5.97 Å². The summed E-state index contributed by atoms with van der Waals surface area (Å²) in [7, 11) is 0. The number of carbonyl (C=O) groups excluding carboxylic acids is 3. The third-order valence-electron chi connectivity index (χ3n) is 6.92. The molecule has 2 fully saturated rings. The van der Waals surface area contributed by atoms with Gasteiger partial charge in [-0.25, -0.2) is 4.79 Å². The van der Waals surface area contributed by atoms with Crippen molar-refractivity contribution in [3.05, 3.63) is 22.5 Å². The van der Waals surface area contributed by atoms with Crippen molar-refractivity contribution in [1.29, 1.82) is 0 Å². The maximum absolute atomic E-state index is 13.3. The van der Waals surface area contributed by atoms with Gasteiger partial charge in [-0.3, -0.25) is 14.5 Å². The molecule has 3 rings (SSSR count). The van der Waals surface area contributed by atoms with E-state index >= 15 is 0 Å². The second kappa shape index (κ2) is 11.2. The van der Waals surface area contributed by atoms with Gasteiger partial charge in [0.25, 0.3) is 5.91 Å². The molecule has 2 atom stereocenters. The number of hydrogen-bond donors (Lipinski definition) is 2. The third-order valence-corrected chi connectivity index (χ3v) is 6.92. The highest BCUT2D eigenvalue weighted by atomic mass is 16.5. The normalized spacial score (nSPS) is 21.8. The SMILES string of the molecule is Cc1[nH]c(C(=O)N2CCC[C@@H](C(=O)NCCN3CCCC[C@H]3C)C2)c(C)c1C(=O)OC(C)C. The lowest BCUT2D eigenvalue weighted by atomic mass is 9.96. The molecule has 0 spiro atoms. The van der Waals surface area contributed by atoms with Gasteiger partial charge < -0.3 is 19.9 Å². The zero-order valence-electron chi connectivity index (χ0n) is 20.8. The molecule has 2 aliphatic rings. The van der Waals surface area contributed by atoms with E-state index in [2.05, 4.69) is 22.1 Å². The van der Waals surface area contributed by atoms with Gasteiger partial charge in [0.1, 0.15) is 5.69 Å². The van der Waals surface area contributed by atoms with Crippen molar-refractivity contribution < 1.29 is 19.1 Å². The fourth-order valence-corrected chi connectivity index (χ4v) is 5.03. The summed E-state index contributed by atoms with van der Waals surface area (Å²) in [5, 5.41) is 3.09. The third kappa shape index (κ3) is 6.16. The van der Waals surface area contributed by atoms with Crippen LogP contribution in [0, 0.1) is 19.8 Å². The number of hydrogen-bond acceptors (Lipinski definition) is 5. The lowest BCUT2D eigenvalue weighted by Gasteiger charge is -2.34. The summed E-state index contributed by atoms with van der Waals surface area (Å²) in [5.41, 5.74) is 2.05. The summed E-state index contributed by atoms with van der Waals surface area (Å²) in [6.07, 6.45) is 5.08. The number of esters is 1. The number of amides is 2. The van der Waals surface area contributed by atoms with Crippen LogP contribution in [-0.4, -0.2) is 77.4 Å². The summed E-state index contributed by atoms with van der Waals surface area (Å²) >= 11 is 0. The number of aromatic nitrogens is 1. The fourth-order valence-electron chi connectivity index (χ4n) is 5.03. The van der Waals surface area contributed by atoms with E-state index in [1.54, 1.807) is 32.6 Å². The molecule has 184 valence electrons. The van der Waals surface area contributed by atoms with Crippen LogP contribution in [0.25, 0.3) is 0 Å². The molecule has 0 bridgehead atoms. The van der Waals surface area contributed by atoms with E-state index in [4.69, 9.17) is 4.74 Å². The molecule has 2 amide bonds. The van der Waals surface area contributed by atoms with Crippen LogP contribution in [0.2, 0.25) is 0 Å². The molecule has 2 N–H and O–H groups in total. The van der Waals surface area contributed by atoms with E-state index in [1.807, 2.05) is 0 Å². The molecule has 2 saturated heterocycles. The van der Waals surface area contributed by atoms with Crippen LogP contribution >= 0.6 is 0 Å². The molecule has 8 heteroatoms. The molecule has 1 aromatic rings. The average Bonchev–Trinajstić information content (AvgIpc) is 3.08. The molecule has 33 heavy (non-hydrogen) atoms. The van der Waals surface area contributed by atoms with Crippen molar-refractivity contribution in [2.24, 2.45) is 5.92 Å². The molecule has 3 heterocycles. The van der Waals surface area contributed by atoms with E-state index in [9.17, 15) is 14.4 Å². The van der Waals surface area contributed by atoms with Crippen LogP contribution < -0.4 is 5.32 Å². The van der Waals surface area contributed by atoms with Gasteiger partial charge in [0.15, 0.2) is 0 Å². The minimum atomic E-state index is -0.422. The Morgan fingerprint density at radius 2 is 1.88 bits per heavy atom. The predicted octanol–water partition coefficient (Wildman–Crippen LogP) is 3.04. The Morgan fingerprint density at radius 3 is 2.58 bits per heavy atom. The second-order valence-corrected chi connectivity index (χ2v) is 9.84. The number of carbonyl (C=O) groups is 3. The first-order valence-electron chi connectivity index (χ1n) is 12.4. The maximum atomic E-state index is 13.3. The highest BCUT2D eigenvalue weighted by molar-refractivity contribution is 6.00. The van der Waals surface area contributed by atoms with E-state index in [0.717, 1.165) is 25.9 Å². The number of aryl methyl sites for hydroxylation is 1. The minimum absolute atomic E-state index is 0.0257. The van der Waals surface area contributed by atoms with Crippen LogP contribution in [-0.2, 0) is 9.53 Å². The van der Waals surface area contributed by atoms with E-state index in [1.165, 1.54) is 19.3 Å². The Bertz CT molecular complexity index is 863. The molecule has 0 radical (unpaired) electrons. The summed E-state index contributed by atoms with van der Waals surface area (Å²) in [6, 6.07) is 0.577. The number of nitrogens with one attached hydrogen (secondary N) is 2. The monoisotopic (exact) mass is 460 g/mol. The first-order chi connectivity index (χ1) is 15.7. The Balaban J connectivity index is 1.58. The Hall–Kier alpha value is -2.35. The molecule has 0 unspecified atom stereocenters. The summed E-state index contributed by atoms with van der Waals surface area (Å²) in [6.45, 7) is 13.0. The van der Waals surface area contributed by atoms with Crippen molar-refractivity contribution in [1.82, 2.24) is 20.1 Å². The van der Waals surface area contributed by atoms with Crippen molar-refractivity contribution in [2.75, 3.05) is 32.7 Å². The summed E-state index contributed by atoms with van der Waals surface area (Å²) < 4.78 is 5.33. The van der Waals surface area contributed by atoms with Gasteiger partial charge in [-0.1, -0.05) is 6.42 Å². The zero-order valence-corrected chi connectivity index (χ0v) is 20.8. The largest absolute Gasteiger partial charge is 0.459 e. The number of piperidine rings is 2. The number of likely N-dealkylation sites (tertiary alicyclic amines) is 2. The lowest BCUT2D eigenvalue weighted by Crippen LogP contribution is -2.47. The standard InChI is InChI=1S/C25H40N4O4/c1-16(2)33-25(32)21-18(4)22(27-19(21)5)24(31)29-13-8-10-20(15-29)23(30)26-11-14-28-12-7-6-9-17(28)3/h16-17,20,27H,6-15H2,1-5H3,(H,26,30)/t17-,20-/m1/s1. The molecular formula is C25H40N4O4. The van der Waals surface area contributed by atoms with Crippen LogP contribution in [0.15, 0.2) is 0 Å². The van der Waals surface area contributed by atoms with Crippen molar-refractivity contribution in [2.45, 2.75) is 78.9 Å². The maximum Gasteiger partial charge on any atom is 0.340 e. The number of aromatic amines is 1. The Labute approximate surface area is 197 Å². The highest BCUT2D eigenvalue weighted by Gasteiger charge is 2.32. The molecular weight excluding hydrogens is 420 g/mol. The van der Waals surface area contributed by atoms with Crippen LogP contribution in [0.5, 0.6) is 0 Å². The molecule has 0 aliphatic carbocycles. The quantitative estimate of drug-likeness (QED) is 0.610. The topological polar surface area (TPSA) is 94.7 Å². The smallest absolute Gasteiger partial charge is 0.340 e. The van der Waals surface area contributed by atoms with Gasteiger partial charge in [0.05, 0.1) is 17.6 Å². The number of nitrogens with zero attached hydrogens (tertiary/aromatic N) is 2. The minimum Gasteiger partial charge on any atom is -0.459 e. The summed E-state index contributed by atoms with van der Waals surface area (Å²) in [5.74, 6) is -0.769. The number of H-pyrrole nitrogens is 1. The van der Waals surface area contributed by atoms with Gasteiger partial charge in [-0.15, -0.1) is 0 Å². The zero-order chi connectivity index (χ0) is 24.1. The summed E-state index contributed by atoms with van der Waals surface area (Å²) in [4.78, 5) is 45.8. The molecule has 2 aliphatic heterocycles. The van der Waals surface area contributed by atoms with E-state index in [0.29, 0.717) is 48.2 Å². The van der Waals surface area contributed by atoms with Gasteiger partial charge in [-0.2, -0.15) is 0 Å². The second-order valence-electron chi connectivity index (χ2n) is 9.84. The first kappa shape index (κ1) is 25.3. The van der Waals surface area contributed by atoms with E-state index < -0.39 is 5.97 Å². The van der Waals surface area contributed by atoms with Crippen LogP contribution in [0.1, 0.15) is 85.0 Å². The average molecular weight is 461 g/mol. The Kier molecular flexibility index (Phi) is 8.57. The van der Waals surface area contributed by atoms with Crippen LogP contribution in [0.3, 0.4) is 0 Å². The predicted molar refractivity (Wildman–Crippen MR) is 127 cm³/mol. The number of ether oxygens (including phenoxy) is 1. The molecule has 1 aromatic heterocycles. The first-order valence-corrected chi connectivity index (χ1v) is 12.4. The lowest BCUT2D eigenvalue weighted by molar-refractivity contribution is -0.126. The van der Waals surface area contributed by atoms with Gasteiger partial charge in [0, 0.05) is 37.9 Å². The fraction of sp³-hybridized carbons (Fsp3) is 0.720. The number of rotatable bonds is 7.